The van der Waals surface area contributed by atoms with Crippen LogP contribution in [-0.4, -0.2) is 0 Å². The van der Waals surface area contributed by atoms with Crippen molar-refractivity contribution in [1.29, 1.82) is 0 Å². The molecule has 0 saturated heterocycles. The molecule has 0 saturated carbocycles. The van der Waals surface area contributed by atoms with Crippen molar-refractivity contribution < 1.29 is 0 Å². The number of anilines is 2. The van der Waals surface area contributed by atoms with Crippen LogP contribution in [-0.2, 0) is 0 Å². The van der Waals surface area contributed by atoms with E-state index in [4.69, 9.17) is 11.6 Å². The molecule has 1 rings (SSSR count). The highest BCUT2D eigenvalue weighted by Crippen LogP contribution is 2.17. The second kappa shape index (κ2) is 9.86. The molecule has 0 radical (unpaired) electrons. The lowest BCUT2D eigenvalue weighted by atomic mass is 10.2. The lowest BCUT2D eigenvalue weighted by Gasteiger charge is -2.03. The summed E-state index contributed by atoms with van der Waals surface area (Å²) in [5, 5.41) is 0. The average molecular weight is 197 g/mol. The number of benzene rings is 1. The van der Waals surface area contributed by atoms with Gasteiger partial charge in [0.15, 0.2) is 0 Å². The van der Waals surface area contributed by atoms with Gasteiger partial charge in [-0.05, 0) is 24.6 Å². The molecule has 0 aliphatic carbocycles. The molecule has 0 unspecified atom stereocenters. The molecule has 3 nitrogen and oxygen atoms in total. The van der Waals surface area contributed by atoms with Gasteiger partial charge in [0.2, 0.25) is 0 Å². The standard InChI is InChI=1S/C7H11N3.2C2H6/c1-5-2-3-7(10-9)6(8)4-5;2*1-2/h2-4,10H,8-9H2,1H3;2*1-2H3. The molecule has 0 spiro atoms. The van der Waals surface area contributed by atoms with Crippen molar-refractivity contribution in [3.05, 3.63) is 23.8 Å². The van der Waals surface area contributed by atoms with E-state index in [2.05, 4.69) is 5.43 Å². The van der Waals surface area contributed by atoms with Crippen LogP contribution in [0, 0.1) is 6.92 Å². The first kappa shape index (κ1) is 15.3. The van der Waals surface area contributed by atoms with Crippen LogP contribution in [0.15, 0.2) is 18.2 Å². The Kier molecular flexibility index (Phi) is 10.8. The minimum atomic E-state index is 0.683. The Morgan fingerprint density at radius 2 is 1.57 bits per heavy atom. The fourth-order valence-electron chi connectivity index (χ4n) is 0.814. The summed E-state index contributed by atoms with van der Waals surface area (Å²) in [6.45, 7) is 9.98. The van der Waals surface area contributed by atoms with Crippen molar-refractivity contribution >= 4 is 11.4 Å². The summed E-state index contributed by atoms with van der Waals surface area (Å²) >= 11 is 0. The van der Waals surface area contributed by atoms with E-state index in [-0.39, 0.29) is 0 Å². The molecule has 0 amide bonds. The van der Waals surface area contributed by atoms with Crippen LogP contribution < -0.4 is 17.0 Å². The number of rotatable bonds is 1. The van der Waals surface area contributed by atoms with Crippen LogP contribution in [0.2, 0.25) is 0 Å². The fraction of sp³-hybridized carbons (Fsp3) is 0.455. The number of hydrogen-bond donors (Lipinski definition) is 3. The maximum Gasteiger partial charge on any atom is 0.0716 e. The normalized spacial score (nSPS) is 7.57. The average Bonchev–Trinajstić information content (AvgIpc) is 2.24. The quantitative estimate of drug-likeness (QED) is 0.368. The van der Waals surface area contributed by atoms with Gasteiger partial charge in [0.1, 0.15) is 0 Å². The van der Waals surface area contributed by atoms with E-state index in [1.165, 1.54) is 0 Å². The predicted octanol–water partition coefficient (Wildman–Crippen LogP) is 2.92. The van der Waals surface area contributed by atoms with Crippen LogP contribution in [0.1, 0.15) is 33.3 Å². The highest BCUT2D eigenvalue weighted by molar-refractivity contribution is 5.66. The second-order valence-electron chi connectivity index (χ2n) is 2.24. The largest absolute Gasteiger partial charge is 0.397 e. The zero-order chi connectivity index (χ0) is 11.6. The summed E-state index contributed by atoms with van der Waals surface area (Å²) in [6.07, 6.45) is 0. The molecule has 0 aliphatic heterocycles. The number of hydrazine groups is 1. The second-order valence-corrected chi connectivity index (χ2v) is 2.24. The molecule has 1 aromatic rings. The van der Waals surface area contributed by atoms with E-state index >= 15 is 0 Å². The number of nitrogens with one attached hydrogen (secondary N) is 1. The predicted molar refractivity (Wildman–Crippen MR) is 66.1 cm³/mol. The highest BCUT2D eigenvalue weighted by Gasteiger charge is 1.93. The lowest BCUT2D eigenvalue weighted by molar-refractivity contribution is 1.34. The Bertz CT molecular complexity index is 234. The van der Waals surface area contributed by atoms with Gasteiger partial charge in [-0.1, -0.05) is 33.8 Å². The Balaban J connectivity index is 0. The highest BCUT2D eigenvalue weighted by atomic mass is 15.2. The Morgan fingerprint density at radius 1 is 1.07 bits per heavy atom. The van der Waals surface area contributed by atoms with Crippen LogP contribution in [0.3, 0.4) is 0 Å². The third-order valence-electron chi connectivity index (χ3n) is 1.36. The summed E-state index contributed by atoms with van der Waals surface area (Å²) in [6, 6.07) is 5.67. The first-order valence-electron chi connectivity index (χ1n) is 5.07. The molecule has 0 fully saturated rings. The lowest BCUT2D eigenvalue weighted by Crippen LogP contribution is -2.08. The molecule has 5 N–H and O–H groups in total. The minimum Gasteiger partial charge on any atom is -0.397 e. The maximum absolute atomic E-state index is 5.59. The van der Waals surface area contributed by atoms with Crippen molar-refractivity contribution in [3.8, 4) is 0 Å². The van der Waals surface area contributed by atoms with Gasteiger partial charge in [-0.2, -0.15) is 0 Å². The molecule has 82 valence electrons. The van der Waals surface area contributed by atoms with Crippen LogP contribution in [0.25, 0.3) is 0 Å². The van der Waals surface area contributed by atoms with Gasteiger partial charge in [-0.15, -0.1) is 0 Å². The first-order valence-corrected chi connectivity index (χ1v) is 5.07. The van der Waals surface area contributed by atoms with Gasteiger partial charge in [0.05, 0.1) is 11.4 Å². The van der Waals surface area contributed by atoms with E-state index in [1.807, 2.05) is 52.8 Å². The summed E-state index contributed by atoms with van der Waals surface area (Å²) in [5.41, 5.74) is 10.7. The Labute approximate surface area is 87.5 Å². The monoisotopic (exact) mass is 197 g/mol. The SMILES string of the molecule is CC.CC.Cc1ccc(NN)c(N)c1. The molecule has 3 heteroatoms. The molecule has 0 atom stereocenters. The molecule has 0 aliphatic rings. The molecule has 14 heavy (non-hydrogen) atoms. The van der Waals surface area contributed by atoms with Gasteiger partial charge < -0.3 is 11.2 Å². The van der Waals surface area contributed by atoms with Gasteiger partial charge in [0.25, 0.3) is 0 Å². The van der Waals surface area contributed by atoms with Gasteiger partial charge in [-0.3, -0.25) is 5.84 Å². The van der Waals surface area contributed by atoms with Crippen molar-refractivity contribution in [3.63, 3.8) is 0 Å². The van der Waals surface area contributed by atoms with Crippen molar-refractivity contribution in [2.75, 3.05) is 11.2 Å². The van der Waals surface area contributed by atoms with Crippen LogP contribution in [0.4, 0.5) is 11.4 Å². The molecule has 0 bridgehead atoms. The van der Waals surface area contributed by atoms with Gasteiger partial charge in [0, 0.05) is 0 Å². The van der Waals surface area contributed by atoms with E-state index in [0.29, 0.717) is 5.69 Å². The number of nitrogens with two attached hydrogens (primary N) is 2. The number of nitrogen functional groups attached to an aromatic ring is 2. The van der Waals surface area contributed by atoms with Gasteiger partial charge in [-0.25, -0.2) is 0 Å². The third kappa shape index (κ3) is 5.43. The van der Waals surface area contributed by atoms with Gasteiger partial charge >= 0.3 is 0 Å². The minimum absolute atomic E-state index is 0.683. The topological polar surface area (TPSA) is 64.1 Å². The number of hydrogen-bond acceptors (Lipinski definition) is 3. The van der Waals surface area contributed by atoms with Crippen molar-refractivity contribution in [2.24, 2.45) is 5.84 Å². The zero-order valence-electron chi connectivity index (χ0n) is 9.89. The molecule has 0 heterocycles. The Hall–Kier alpha value is -1.22. The smallest absolute Gasteiger partial charge is 0.0716 e. The number of aryl methyl sites for hydroxylation is 1. The van der Waals surface area contributed by atoms with E-state index in [0.717, 1.165) is 11.3 Å². The first-order chi connectivity index (χ1) is 6.74. The summed E-state index contributed by atoms with van der Waals surface area (Å²) in [4.78, 5) is 0. The summed E-state index contributed by atoms with van der Waals surface area (Å²) < 4.78 is 0. The van der Waals surface area contributed by atoms with Crippen LogP contribution in [0.5, 0.6) is 0 Å². The molecular formula is C11H23N3. The Morgan fingerprint density at radius 3 is 1.93 bits per heavy atom. The zero-order valence-corrected chi connectivity index (χ0v) is 9.89. The molecule has 0 aromatic heterocycles. The molecular weight excluding hydrogens is 174 g/mol. The maximum atomic E-state index is 5.59. The van der Waals surface area contributed by atoms with Crippen molar-refractivity contribution in [2.45, 2.75) is 34.6 Å². The summed E-state index contributed by atoms with van der Waals surface area (Å²) in [5.74, 6) is 5.17. The van der Waals surface area contributed by atoms with Crippen LogP contribution >= 0.6 is 0 Å². The summed E-state index contributed by atoms with van der Waals surface area (Å²) in [7, 11) is 0. The third-order valence-corrected chi connectivity index (χ3v) is 1.36. The molecule has 1 aromatic carbocycles. The van der Waals surface area contributed by atoms with Crippen molar-refractivity contribution in [1.82, 2.24) is 0 Å². The van der Waals surface area contributed by atoms with E-state index in [1.54, 1.807) is 0 Å². The van der Waals surface area contributed by atoms with E-state index < -0.39 is 0 Å². The fourth-order valence-corrected chi connectivity index (χ4v) is 0.814. The van der Waals surface area contributed by atoms with E-state index in [9.17, 15) is 0 Å².